The van der Waals surface area contributed by atoms with Gasteiger partial charge in [-0.2, -0.15) is 0 Å². The fraction of sp³-hybridized carbons (Fsp3) is 0.826. The van der Waals surface area contributed by atoms with Crippen molar-refractivity contribution >= 4 is 23.9 Å². The maximum atomic E-state index is 12.5. The van der Waals surface area contributed by atoms with Crippen LogP contribution in [0.2, 0.25) is 0 Å². The van der Waals surface area contributed by atoms with E-state index in [2.05, 4.69) is 20.8 Å². The Morgan fingerprint density at radius 1 is 0.848 bits per heavy atom. The molecule has 10 heteroatoms. The van der Waals surface area contributed by atoms with Crippen LogP contribution in [0.5, 0.6) is 0 Å². The number of carbonyl (C=O) groups is 4. The van der Waals surface area contributed by atoms with Crippen LogP contribution >= 0.6 is 0 Å². The molecule has 10 nitrogen and oxygen atoms in total. The van der Waals surface area contributed by atoms with Gasteiger partial charge in [-0.1, -0.05) is 27.2 Å². The minimum Gasteiger partial charge on any atom is -0.467 e. The molecule has 33 heavy (non-hydrogen) atoms. The normalized spacial score (nSPS) is 34.3. The first-order valence-corrected chi connectivity index (χ1v) is 11.3. The lowest BCUT2D eigenvalue weighted by atomic mass is 9.75. The Bertz CT molecular complexity index is 720. The van der Waals surface area contributed by atoms with Crippen molar-refractivity contribution < 1.29 is 47.6 Å². The van der Waals surface area contributed by atoms with Crippen LogP contribution in [0.1, 0.15) is 60.8 Å². The zero-order chi connectivity index (χ0) is 24.9. The summed E-state index contributed by atoms with van der Waals surface area (Å²) in [4.78, 5) is 48.1. The van der Waals surface area contributed by atoms with E-state index in [0.717, 1.165) is 40.2 Å². The second-order valence-corrected chi connectivity index (χ2v) is 9.17. The van der Waals surface area contributed by atoms with Crippen LogP contribution in [0.3, 0.4) is 0 Å². The molecule has 0 N–H and O–H groups in total. The first-order chi connectivity index (χ1) is 15.4. The molecule has 188 valence electrons. The lowest BCUT2D eigenvalue weighted by Gasteiger charge is -2.46. The van der Waals surface area contributed by atoms with Crippen LogP contribution in [0, 0.1) is 17.8 Å². The summed E-state index contributed by atoms with van der Waals surface area (Å²) in [5.41, 5.74) is 0. The Labute approximate surface area is 194 Å². The Balaban J connectivity index is 2.46. The number of carbonyl (C=O) groups excluding carboxylic acids is 4. The van der Waals surface area contributed by atoms with Gasteiger partial charge >= 0.3 is 23.9 Å². The van der Waals surface area contributed by atoms with Gasteiger partial charge in [-0.25, -0.2) is 4.79 Å². The van der Waals surface area contributed by atoms with Gasteiger partial charge in [0.1, 0.15) is 0 Å². The molecule has 0 aromatic rings. The first kappa shape index (κ1) is 27.0. The molecular weight excluding hydrogens is 436 g/mol. The van der Waals surface area contributed by atoms with E-state index in [1.165, 1.54) is 6.92 Å². The molecule has 1 heterocycles. The van der Waals surface area contributed by atoms with Crippen LogP contribution in [-0.2, 0) is 47.6 Å². The minimum atomic E-state index is -1.45. The molecule has 2 fully saturated rings. The van der Waals surface area contributed by atoms with Crippen LogP contribution in [0.4, 0.5) is 0 Å². The van der Waals surface area contributed by atoms with Crippen molar-refractivity contribution in [2.75, 3.05) is 7.11 Å². The highest BCUT2D eigenvalue weighted by Crippen LogP contribution is 2.38. The van der Waals surface area contributed by atoms with E-state index in [1.54, 1.807) is 0 Å². The van der Waals surface area contributed by atoms with Crippen molar-refractivity contribution in [1.29, 1.82) is 0 Å². The summed E-state index contributed by atoms with van der Waals surface area (Å²) in [5.74, 6) is -2.02. The number of rotatable bonds is 7. The van der Waals surface area contributed by atoms with E-state index in [4.69, 9.17) is 28.4 Å². The van der Waals surface area contributed by atoms with Gasteiger partial charge in [-0.3, -0.25) is 14.4 Å². The molecule has 1 aliphatic heterocycles. The summed E-state index contributed by atoms with van der Waals surface area (Å²) in [5, 5.41) is 0. The van der Waals surface area contributed by atoms with E-state index >= 15 is 0 Å². The highest BCUT2D eigenvalue weighted by molar-refractivity contribution is 5.77. The summed E-state index contributed by atoms with van der Waals surface area (Å²) in [7, 11) is 1.16. The lowest BCUT2D eigenvalue weighted by Crippen LogP contribution is -2.64. The monoisotopic (exact) mass is 472 g/mol. The second-order valence-electron chi connectivity index (χ2n) is 9.17. The van der Waals surface area contributed by atoms with Gasteiger partial charge in [0, 0.05) is 20.8 Å². The van der Waals surface area contributed by atoms with E-state index in [1.807, 2.05) is 0 Å². The second kappa shape index (κ2) is 11.8. The molecule has 2 aliphatic rings. The minimum absolute atomic E-state index is 0.220. The van der Waals surface area contributed by atoms with Crippen molar-refractivity contribution in [3.8, 4) is 0 Å². The third kappa shape index (κ3) is 7.14. The Hall–Kier alpha value is -2.20. The Kier molecular flexibility index (Phi) is 9.66. The molecular formula is C23H36O10. The number of ether oxygens (including phenoxy) is 6. The van der Waals surface area contributed by atoms with Crippen molar-refractivity contribution in [3.05, 3.63) is 0 Å². The van der Waals surface area contributed by atoms with E-state index in [-0.39, 0.29) is 12.0 Å². The molecule has 0 bridgehead atoms. The molecule has 0 spiro atoms. The zero-order valence-electron chi connectivity index (χ0n) is 20.4. The van der Waals surface area contributed by atoms with Gasteiger partial charge in [0.25, 0.3) is 0 Å². The number of hydrogen-bond acceptors (Lipinski definition) is 10. The molecule has 2 rings (SSSR count). The van der Waals surface area contributed by atoms with Crippen molar-refractivity contribution in [3.63, 3.8) is 0 Å². The summed E-state index contributed by atoms with van der Waals surface area (Å²) in [6, 6.07) is 0. The average molecular weight is 473 g/mol. The topological polar surface area (TPSA) is 124 Å². The van der Waals surface area contributed by atoms with Crippen LogP contribution < -0.4 is 0 Å². The van der Waals surface area contributed by atoms with E-state index in [0.29, 0.717) is 11.8 Å². The van der Waals surface area contributed by atoms with Gasteiger partial charge in [-0.05, 0) is 30.6 Å². The third-order valence-corrected chi connectivity index (χ3v) is 6.10. The summed E-state index contributed by atoms with van der Waals surface area (Å²) < 4.78 is 33.2. The zero-order valence-corrected chi connectivity index (χ0v) is 20.4. The summed E-state index contributed by atoms with van der Waals surface area (Å²) in [6.45, 7) is 9.84. The fourth-order valence-electron chi connectivity index (χ4n) is 4.63. The predicted octanol–water partition coefficient (Wildman–Crippen LogP) is 2.16. The highest BCUT2D eigenvalue weighted by Gasteiger charge is 2.56. The van der Waals surface area contributed by atoms with Gasteiger partial charge in [0.15, 0.2) is 30.7 Å². The van der Waals surface area contributed by atoms with Crippen molar-refractivity contribution in [2.45, 2.75) is 97.6 Å². The predicted molar refractivity (Wildman–Crippen MR) is 114 cm³/mol. The first-order valence-electron chi connectivity index (χ1n) is 11.3. The van der Waals surface area contributed by atoms with Crippen molar-refractivity contribution in [1.82, 2.24) is 0 Å². The largest absolute Gasteiger partial charge is 0.467 e. The molecule has 1 aliphatic carbocycles. The standard InChI is InChI=1S/C23H36O10/c1-11(2)16-9-8-12(3)10-17(16)32-23-21(31-15(6)26)19(30-14(5)25)18(29-13(4)24)20(33-23)22(27)28-7/h11-12,16-21,23H,8-10H2,1-7H3/t12-,16+,17-,18+,19+,20+,21-,23+/m1/s1. The summed E-state index contributed by atoms with van der Waals surface area (Å²) >= 11 is 0. The van der Waals surface area contributed by atoms with Gasteiger partial charge < -0.3 is 28.4 Å². The molecule has 8 atom stereocenters. The fourth-order valence-corrected chi connectivity index (χ4v) is 4.63. The third-order valence-electron chi connectivity index (χ3n) is 6.10. The maximum Gasteiger partial charge on any atom is 0.339 e. The smallest absolute Gasteiger partial charge is 0.339 e. The number of hydrogen-bond donors (Lipinski definition) is 0. The molecule has 1 saturated carbocycles. The molecule has 0 amide bonds. The van der Waals surface area contributed by atoms with Crippen molar-refractivity contribution in [2.24, 2.45) is 17.8 Å². The van der Waals surface area contributed by atoms with Gasteiger partial charge in [-0.15, -0.1) is 0 Å². The molecule has 0 aromatic carbocycles. The maximum absolute atomic E-state index is 12.5. The Morgan fingerprint density at radius 2 is 1.39 bits per heavy atom. The highest BCUT2D eigenvalue weighted by atomic mass is 16.7. The van der Waals surface area contributed by atoms with E-state index < -0.39 is 54.6 Å². The van der Waals surface area contributed by atoms with Crippen LogP contribution in [0.15, 0.2) is 0 Å². The SMILES string of the molecule is COC(=O)[C@H]1O[C@H](O[C@@H]2C[C@H](C)CC[C@H]2C(C)C)[C@H](OC(C)=O)[C@@H](OC(C)=O)[C@@H]1OC(C)=O. The van der Waals surface area contributed by atoms with Gasteiger partial charge in [0.2, 0.25) is 0 Å². The quantitative estimate of drug-likeness (QED) is 0.402. The van der Waals surface area contributed by atoms with Crippen LogP contribution in [0.25, 0.3) is 0 Å². The number of esters is 4. The molecule has 0 radical (unpaired) electrons. The van der Waals surface area contributed by atoms with E-state index in [9.17, 15) is 19.2 Å². The molecule has 1 saturated heterocycles. The van der Waals surface area contributed by atoms with Crippen LogP contribution in [-0.4, -0.2) is 67.8 Å². The number of methoxy groups -OCH3 is 1. The molecule has 0 unspecified atom stereocenters. The van der Waals surface area contributed by atoms with Gasteiger partial charge in [0.05, 0.1) is 13.2 Å². The Morgan fingerprint density at radius 3 is 1.91 bits per heavy atom. The average Bonchev–Trinajstić information content (AvgIpc) is 2.70. The summed E-state index contributed by atoms with van der Waals surface area (Å²) in [6.07, 6.45) is -4.14. The lowest BCUT2D eigenvalue weighted by molar-refractivity contribution is -0.317. The molecule has 0 aromatic heterocycles.